The number of amides is 1. The van der Waals surface area contributed by atoms with Gasteiger partial charge in [-0.15, -0.1) is 11.3 Å². The summed E-state index contributed by atoms with van der Waals surface area (Å²) in [7, 11) is 3.33. The molecule has 5 nitrogen and oxygen atoms in total. The van der Waals surface area contributed by atoms with Gasteiger partial charge >= 0.3 is 0 Å². The molecule has 2 aromatic carbocycles. The van der Waals surface area contributed by atoms with E-state index >= 15 is 0 Å². The predicted octanol–water partition coefficient (Wildman–Crippen LogP) is 4.34. The number of fused-ring (bicyclic) bond motifs is 1. The van der Waals surface area contributed by atoms with Crippen molar-refractivity contribution in [2.24, 2.45) is 0 Å². The highest BCUT2D eigenvalue weighted by Crippen LogP contribution is 2.36. The van der Waals surface area contributed by atoms with Crippen molar-refractivity contribution in [3.05, 3.63) is 59.1 Å². The second-order valence-corrected chi connectivity index (χ2v) is 7.79. The number of methoxy groups -OCH3 is 2. The zero-order valence-electron chi connectivity index (χ0n) is 15.9. The highest BCUT2D eigenvalue weighted by molar-refractivity contribution is 7.19. The highest BCUT2D eigenvalue weighted by Gasteiger charge is 2.28. The molecule has 1 atom stereocenters. The Morgan fingerprint density at radius 3 is 2.86 bits per heavy atom. The highest BCUT2D eigenvalue weighted by atomic mass is 32.1. The number of likely N-dealkylation sites (tertiary alicyclic amines) is 1. The number of rotatable bonds is 5. The van der Waals surface area contributed by atoms with Crippen molar-refractivity contribution in [2.75, 3.05) is 27.3 Å². The first-order chi connectivity index (χ1) is 13.7. The zero-order valence-corrected chi connectivity index (χ0v) is 16.7. The van der Waals surface area contributed by atoms with Crippen molar-refractivity contribution < 1.29 is 14.3 Å². The molecular weight excluding hydrogens is 372 g/mol. The van der Waals surface area contributed by atoms with Gasteiger partial charge in [-0.05, 0) is 42.8 Å². The van der Waals surface area contributed by atoms with Gasteiger partial charge in [-0.3, -0.25) is 4.79 Å². The zero-order chi connectivity index (χ0) is 19.5. The summed E-state index contributed by atoms with van der Waals surface area (Å²) in [6.45, 7) is 1.40. The summed E-state index contributed by atoms with van der Waals surface area (Å²) >= 11 is 1.59. The lowest BCUT2D eigenvalue weighted by molar-refractivity contribution is -0.124. The summed E-state index contributed by atoms with van der Waals surface area (Å²) < 4.78 is 12.0. The number of carbonyl (C=O) groups is 1. The van der Waals surface area contributed by atoms with Crippen LogP contribution in [-0.2, 0) is 4.79 Å². The summed E-state index contributed by atoms with van der Waals surface area (Å²) in [6, 6.07) is 13.8. The molecule has 144 valence electrons. The molecule has 1 saturated heterocycles. The lowest BCUT2D eigenvalue weighted by Crippen LogP contribution is -2.26. The SMILES string of the molecule is COc1ccc(OC)c(C2CCN(C(=O)C=Cc3nc4ccccc4s3)C2)c1. The molecule has 1 aromatic heterocycles. The Labute approximate surface area is 168 Å². The van der Waals surface area contributed by atoms with Crippen LogP contribution in [0.3, 0.4) is 0 Å². The Hall–Kier alpha value is -2.86. The van der Waals surface area contributed by atoms with Gasteiger partial charge in [0.15, 0.2) is 0 Å². The normalized spacial score (nSPS) is 16.8. The van der Waals surface area contributed by atoms with Gasteiger partial charge in [0, 0.05) is 30.6 Å². The molecule has 0 radical (unpaired) electrons. The van der Waals surface area contributed by atoms with E-state index < -0.39 is 0 Å². The molecule has 4 rings (SSSR count). The predicted molar refractivity (Wildman–Crippen MR) is 112 cm³/mol. The molecular formula is C22H22N2O3S. The molecule has 0 saturated carbocycles. The molecule has 3 aromatic rings. The van der Waals surface area contributed by atoms with Gasteiger partial charge in [-0.2, -0.15) is 0 Å². The number of thiazole rings is 1. The number of benzene rings is 2. The molecule has 2 heterocycles. The third-order valence-corrected chi connectivity index (χ3v) is 6.06. The van der Waals surface area contributed by atoms with E-state index in [-0.39, 0.29) is 11.8 Å². The third kappa shape index (κ3) is 3.73. The van der Waals surface area contributed by atoms with E-state index in [1.165, 1.54) is 0 Å². The van der Waals surface area contributed by atoms with Gasteiger partial charge in [-0.1, -0.05) is 12.1 Å². The average molecular weight is 394 g/mol. The van der Waals surface area contributed by atoms with Gasteiger partial charge in [0.05, 0.1) is 24.4 Å². The Kier molecular flexibility index (Phi) is 5.30. The number of carbonyl (C=O) groups excluding carboxylic acids is 1. The topological polar surface area (TPSA) is 51.7 Å². The fourth-order valence-electron chi connectivity index (χ4n) is 3.58. The monoisotopic (exact) mass is 394 g/mol. The largest absolute Gasteiger partial charge is 0.497 e. The molecule has 1 aliphatic rings. The molecule has 0 bridgehead atoms. The van der Waals surface area contributed by atoms with Crippen LogP contribution in [0, 0.1) is 0 Å². The number of para-hydroxylation sites is 1. The van der Waals surface area contributed by atoms with E-state index in [1.54, 1.807) is 31.6 Å². The molecule has 1 amide bonds. The number of hydrogen-bond donors (Lipinski definition) is 0. The van der Waals surface area contributed by atoms with Crippen LogP contribution in [-0.4, -0.2) is 43.1 Å². The number of nitrogens with zero attached hydrogens (tertiary/aromatic N) is 2. The second-order valence-electron chi connectivity index (χ2n) is 6.73. The smallest absolute Gasteiger partial charge is 0.246 e. The summed E-state index contributed by atoms with van der Waals surface area (Å²) in [5.41, 5.74) is 2.05. The standard InChI is InChI=1S/C22H22N2O3S/c1-26-16-7-8-19(27-2)17(13-16)15-11-12-24(14-15)22(25)10-9-21-23-18-5-3-4-6-20(18)28-21/h3-10,13,15H,11-12,14H2,1-2H3. The van der Waals surface area contributed by atoms with Crippen molar-refractivity contribution >= 4 is 33.5 Å². The minimum atomic E-state index is 0.0172. The third-order valence-electron chi connectivity index (χ3n) is 5.06. The van der Waals surface area contributed by atoms with Crippen molar-refractivity contribution in [1.82, 2.24) is 9.88 Å². The summed E-state index contributed by atoms with van der Waals surface area (Å²) in [6.07, 6.45) is 4.35. The van der Waals surface area contributed by atoms with Crippen molar-refractivity contribution in [3.63, 3.8) is 0 Å². The fraction of sp³-hybridized carbons (Fsp3) is 0.273. The van der Waals surface area contributed by atoms with E-state index in [2.05, 4.69) is 4.98 Å². The van der Waals surface area contributed by atoms with E-state index in [0.29, 0.717) is 6.54 Å². The van der Waals surface area contributed by atoms with E-state index in [9.17, 15) is 4.79 Å². The maximum atomic E-state index is 12.6. The van der Waals surface area contributed by atoms with Crippen LogP contribution in [0.1, 0.15) is 22.9 Å². The second kappa shape index (κ2) is 8.02. The minimum absolute atomic E-state index is 0.0172. The molecule has 1 aliphatic heterocycles. The Balaban J connectivity index is 1.46. The van der Waals surface area contributed by atoms with Crippen LogP contribution in [0.4, 0.5) is 0 Å². The van der Waals surface area contributed by atoms with E-state index in [1.807, 2.05) is 53.4 Å². The first-order valence-corrected chi connectivity index (χ1v) is 10.0. The van der Waals surface area contributed by atoms with Crippen LogP contribution in [0.2, 0.25) is 0 Å². The maximum absolute atomic E-state index is 12.6. The van der Waals surface area contributed by atoms with Crippen LogP contribution in [0.25, 0.3) is 16.3 Å². The lowest BCUT2D eigenvalue weighted by Gasteiger charge is -2.17. The molecule has 28 heavy (non-hydrogen) atoms. The number of hydrogen-bond acceptors (Lipinski definition) is 5. The fourth-order valence-corrected chi connectivity index (χ4v) is 4.45. The number of ether oxygens (including phenoxy) is 2. The Morgan fingerprint density at radius 2 is 2.07 bits per heavy atom. The van der Waals surface area contributed by atoms with Crippen molar-refractivity contribution in [3.8, 4) is 11.5 Å². The summed E-state index contributed by atoms with van der Waals surface area (Å²) in [5, 5.41) is 0.847. The van der Waals surface area contributed by atoms with Crippen molar-refractivity contribution in [2.45, 2.75) is 12.3 Å². The van der Waals surface area contributed by atoms with Crippen LogP contribution in [0.5, 0.6) is 11.5 Å². The first kappa shape index (κ1) is 18.5. The summed E-state index contributed by atoms with van der Waals surface area (Å²) in [4.78, 5) is 19.1. The molecule has 6 heteroatoms. The van der Waals surface area contributed by atoms with Gasteiger partial charge < -0.3 is 14.4 Å². The summed E-state index contributed by atoms with van der Waals surface area (Å²) in [5.74, 6) is 1.90. The Bertz CT molecular complexity index is 995. The van der Waals surface area contributed by atoms with Gasteiger partial charge in [-0.25, -0.2) is 4.98 Å². The molecule has 0 spiro atoms. The maximum Gasteiger partial charge on any atom is 0.246 e. The van der Waals surface area contributed by atoms with Gasteiger partial charge in [0.2, 0.25) is 5.91 Å². The Morgan fingerprint density at radius 1 is 1.21 bits per heavy atom. The van der Waals surface area contributed by atoms with Crippen LogP contribution < -0.4 is 9.47 Å². The molecule has 0 N–H and O–H groups in total. The average Bonchev–Trinajstić information content (AvgIpc) is 3.38. The van der Waals surface area contributed by atoms with E-state index in [4.69, 9.17) is 9.47 Å². The quantitative estimate of drug-likeness (QED) is 0.604. The molecule has 0 aliphatic carbocycles. The molecule has 1 unspecified atom stereocenters. The molecule has 1 fully saturated rings. The minimum Gasteiger partial charge on any atom is -0.497 e. The van der Waals surface area contributed by atoms with Crippen LogP contribution >= 0.6 is 11.3 Å². The van der Waals surface area contributed by atoms with Crippen molar-refractivity contribution in [1.29, 1.82) is 0 Å². The first-order valence-electron chi connectivity index (χ1n) is 9.22. The van der Waals surface area contributed by atoms with Gasteiger partial charge in [0.25, 0.3) is 0 Å². The number of aromatic nitrogens is 1. The van der Waals surface area contributed by atoms with Crippen LogP contribution in [0.15, 0.2) is 48.5 Å². The lowest BCUT2D eigenvalue weighted by atomic mass is 9.97. The van der Waals surface area contributed by atoms with Gasteiger partial charge in [0.1, 0.15) is 16.5 Å². The van der Waals surface area contributed by atoms with E-state index in [0.717, 1.165) is 45.3 Å².